The molecule has 2 heterocycles. The van der Waals surface area contributed by atoms with Gasteiger partial charge in [-0.3, -0.25) is 0 Å². The highest BCUT2D eigenvalue weighted by molar-refractivity contribution is 7.99. The first-order chi connectivity index (χ1) is 9.79. The lowest BCUT2D eigenvalue weighted by Crippen LogP contribution is -2.24. The molecule has 0 radical (unpaired) electrons. The van der Waals surface area contributed by atoms with Gasteiger partial charge in [-0.15, -0.1) is 0 Å². The van der Waals surface area contributed by atoms with Gasteiger partial charge in [0.1, 0.15) is 5.82 Å². The molecule has 2 aromatic rings. The lowest BCUT2D eigenvalue weighted by Gasteiger charge is -2.17. The van der Waals surface area contributed by atoms with Crippen LogP contribution in [0.2, 0.25) is 0 Å². The second kappa shape index (κ2) is 6.19. The predicted molar refractivity (Wildman–Crippen MR) is 85.2 cm³/mol. The van der Waals surface area contributed by atoms with Crippen molar-refractivity contribution >= 4 is 22.8 Å². The summed E-state index contributed by atoms with van der Waals surface area (Å²) in [5.74, 6) is 3.76. The summed E-state index contributed by atoms with van der Waals surface area (Å²) in [5, 5.41) is 10.5. The molecule has 1 aromatic carbocycles. The van der Waals surface area contributed by atoms with Crippen LogP contribution in [-0.2, 0) is 13.0 Å². The van der Waals surface area contributed by atoms with Crippen LogP contribution in [0, 0.1) is 5.92 Å². The predicted octanol–water partition coefficient (Wildman–Crippen LogP) is 3.10. The van der Waals surface area contributed by atoms with E-state index in [-0.39, 0.29) is 6.10 Å². The molecular weight excluding hydrogens is 268 g/mol. The van der Waals surface area contributed by atoms with Gasteiger partial charge in [-0.1, -0.05) is 19.1 Å². The third-order valence-electron chi connectivity index (χ3n) is 4.08. The Hall–Kier alpha value is -1.00. The molecule has 108 valence electrons. The number of benzene rings is 1. The average molecular weight is 290 g/mol. The van der Waals surface area contributed by atoms with E-state index in [9.17, 15) is 5.11 Å². The second-order valence-corrected chi connectivity index (χ2v) is 6.71. The zero-order chi connectivity index (χ0) is 13.9. The highest BCUT2D eigenvalue weighted by Crippen LogP contribution is 2.28. The van der Waals surface area contributed by atoms with Crippen LogP contribution >= 0.6 is 11.8 Å². The van der Waals surface area contributed by atoms with Crippen molar-refractivity contribution in [2.75, 3.05) is 11.5 Å². The molecule has 0 aliphatic carbocycles. The quantitative estimate of drug-likeness (QED) is 0.919. The van der Waals surface area contributed by atoms with E-state index in [0.717, 1.165) is 36.5 Å². The molecule has 1 N–H and O–H groups in total. The summed E-state index contributed by atoms with van der Waals surface area (Å²) in [4.78, 5) is 4.74. The van der Waals surface area contributed by atoms with Gasteiger partial charge in [0.25, 0.3) is 0 Å². The van der Waals surface area contributed by atoms with Gasteiger partial charge in [-0.05, 0) is 42.4 Å². The van der Waals surface area contributed by atoms with E-state index in [1.165, 1.54) is 11.3 Å². The molecule has 1 fully saturated rings. The number of aliphatic hydroxyl groups is 1. The number of aromatic nitrogens is 2. The summed E-state index contributed by atoms with van der Waals surface area (Å²) in [7, 11) is 0. The zero-order valence-electron chi connectivity index (χ0n) is 12.0. The maximum Gasteiger partial charge on any atom is 0.112 e. The van der Waals surface area contributed by atoms with Crippen LogP contribution in [0.3, 0.4) is 0 Å². The number of hydrogen-bond donors (Lipinski definition) is 1. The number of rotatable bonds is 5. The summed E-state index contributed by atoms with van der Waals surface area (Å²) in [6.45, 7) is 3.16. The first-order valence-corrected chi connectivity index (χ1v) is 8.65. The minimum absolute atomic E-state index is 0.252. The Morgan fingerprint density at radius 2 is 2.30 bits per heavy atom. The van der Waals surface area contributed by atoms with Crippen LogP contribution in [0.15, 0.2) is 24.3 Å². The molecule has 0 bridgehead atoms. The summed E-state index contributed by atoms with van der Waals surface area (Å²) in [6.07, 6.45) is 2.65. The number of fused-ring (bicyclic) bond motifs is 1. The number of para-hydroxylation sites is 2. The topological polar surface area (TPSA) is 38.0 Å². The van der Waals surface area contributed by atoms with Gasteiger partial charge < -0.3 is 9.67 Å². The largest absolute Gasteiger partial charge is 0.392 e. The van der Waals surface area contributed by atoms with E-state index < -0.39 is 0 Å². The molecular formula is C16H22N2OS. The number of imidazole rings is 1. The van der Waals surface area contributed by atoms with Crippen molar-refractivity contribution in [3.63, 3.8) is 0 Å². The first-order valence-electron chi connectivity index (χ1n) is 7.49. The fourth-order valence-electron chi connectivity index (χ4n) is 2.96. The molecule has 20 heavy (non-hydrogen) atoms. The van der Waals surface area contributed by atoms with Crippen LogP contribution in [0.1, 0.15) is 25.6 Å². The molecule has 3 nitrogen and oxygen atoms in total. The van der Waals surface area contributed by atoms with E-state index >= 15 is 0 Å². The normalized spacial score (nSPS) is 20.6. The average Bonchev–Trinajstić information content (AvgIpc) is 3.08. The van der Waals surface area contributed by atoms with Crippen molar-refractivity contribution in [2.24, 2.45) is 5.92 Å². The maximum atomic E-state index is 10.5. The lowest BCUT2D eigenvalue weighted by molar-refractivity contribution is 0.117. The zero-order valence-corrected chi connectivity index (χ0v) is 12.8. The third-order valence-corrected chi connectivity index (χ3v) is 5.27. The van der Waals surface area contributed by atoms with Crippen molar-refractivity contribution in [3.05, 3.63) is 30.1 Å². The van der Waals surface area contributed by atoms with Crippen molar-refractivity contribution in [3.8, 4) is 0 Å². The summed E-state index contributed by atoms with van der Waals surface area (Å²) in [5.41, 5.74) is 2.24. The molecule has 1 aliphatic rings. The Balaban J connectivity index is 1.87. The molecule has 0 amide bonds. The molecule has 2 unspecified atom stereocenters. The molecule has 1 aliphatic heterocycles. The number of aryl methyl sites for hydroxylation is 1. The number of nitrogens with zero attached hydrogens (tertiary/aromatic N) is 2. The Kier molecular flexibility index (Phi) is 4.32. The van der Waals surface area contributed by atoms with Crippen molar-refractivity contribution < 1.29 is 5.11 Å². The fraction of sp³-hybridized carbons (Fsp3) is 0.562. The van der Waals surface area contributed by atoms with Crippen molar-refractivity contribution in [1.29, 1.82) is 0 Å². The second-order valence-electron chi connectivity index (χ2n) is 5.56. The minimum Gasteiger partial charge on any atom is -0.392 e. The fourth-order valence-corrected chi connectivity index (χ4v) is 4.29. The smallest absolute Gasteiger partial charge is 0.112 e. The van der Waals surface area contributed by atoms with Crippen LogP contribution in [0.4, 0.5) is 0 Å². The van der Waals surface area contributed by atoms with Gasteiger partial charge in [0.05, 0.1) is 17.1 Å². The van der Waals surface area contributed by atoms with E-state index in [2.05, 4.69) is 29.7 Å². The molecule has 0 spiro atoms. The highest BCUT2D eigenvalue weighted by Gasteiger charge is 2.25. The Morgan fingerprint density at radius 1 is 1.45 bits per heavy atom. The maximum absolute atomic E-state index is 10.5. The SMILES string of the molecule is CCCn1c(CC(O)C2CCSC2)nc2ccccc21. The van der Waals surface area contributed by atoms with Gasteiger partial charge in [0.2, 0.25) is 0 Å². The monoisotopic (exact) mass is 290 g/mol. The molecule has 2 atom stereocenters. The van der Waals surface area contributed by atoms with Gasteiger partial charge in [-0.2, -0.15) is 11.8 Å². The summed E-state index contributed by atoms with van der Waals surface area (Å²) < 4.78 is 2.28. The van der Waals surface area contributed by atoms with Crippen molar-refractivity contribution in [1.82, 2.24) is 9.55 Å². The number of hydrogen-bond acceptors (Lipinski definition) is 3. The van der Waals surface area contributed by atoms with Gasteiger partial charge in [0.15, 0.2) is 0 Å². The number of aliphatic hydroxyl groups excluding tert-OH is 1. The van der Waals surface area contributed by atoms with E-state index in [4.69, 9.17) is 4.98 Å². The van der Waals surface area contributed by atoms with Crippen LogP contribution in [-0.4, -0.2) is 32.3 Å². The van der Waals surface area contributed by atoms with Gasteiger partial charge in [-0.25, -0.2) is 4.98 Å². The van der Waals surface area contributed by atoms with Gasteiger partial charge in [0, 0.05) is 13.0 Å². The molecule has 4 heteroatoms. The van der Waals surface area contributed by atoms with Crippen molar-refractivity contribution in [2.45, 2.75) is 38.8 Å². The third kappa shape index (κ3) is 2.72. The first kappa shape index (κ1) is 14.0. The minimum atomic E-state index is -0.252. The van der Waals surface area contributed by atoms with E-state index in [1.54, 1.807) is 0 Å². The van der Waals surface area contributed by atoms with E-state index in [1.807, 2.05) is 17.8 Å². The van der Waals surface area contributed by atoms with Crippen LogP contribution in [0.5, 0.6) is 0 Å². The Labute approximate surface area is 124 Å². The summed E-state index contributed by atoms with van der Waals surface area (Å²) >= 11 is 1.95. The highest BCUT2D eigenvalue weighted by atomic mass is 32.2. The standard InChI is InChI=1S/C16H22N2OS/c1-2-8-18-14-6-4-3-5-13(14)17-16(18)10-15(19)12-7-9-20-11-12/h3-6,12,15,19H,2,7-11H2,1H3. The van der Waals surface area contributed by atoms with E-state index in [0.29, 0.717) is 12.3 Å². The van der Waals surface area contributed by atoms with Gasteiger partial charge >= 0.3 is 0 Å². The molecule has 1 saturated heterocycles. The van der Waals surface area contributed by atoms with Crippen LogP contribution in [0.25, 0.3) is 11.0 Å². The molecule has 1 aromatic heterocycles. The number of thioether (sulfide) groups is 1. The molecule has 0 saturated carbocycles. The summed E-state index contributed by atoms with van der Waals surface area (Å²) in [6, 6.07) is 8.27. The lowest BCUT2D eigenvalue weighted by atomic mass is 9.99. The molecule has 3 rings (SSSR count). The Morgan fingerprint density at radius 3 is 3.05 bits per heavy atom. The van der Waals surface area contributed by atoms with Crippen LogP contribution < -0.4 is 0 Å². The Bertz CT molecular complexity index is 575.